The molecule has 0 spiro atoms. The molecular formula is C12H10ClN5. The Labute approximate surface area is 108 Å². The molecule has 3 aromatic rings. The summed E-state index contributed by atoms with van der Waals surface area (Å²) in [5.41, 5.74) is 2.65. The highest BCUT2D eigenvalue weighted by Crippen LogP contribution is 2.25. The highest BCUT2D eigenvalue weighted by Gasteiger charge is 2.06. The molecule has 90 valence electrons. The number of fused-ring (bicyclic) bond motifs is 1. The third-order valence-electron chi connectivity index (χ3n) is 2.68. The molecule has 1 aromatic carbocycles. The number of aromatic nitrogens is 4. The zero-order valence-corrected chi connectivity index (χ0v) is 10.4. The molecule has 5 nitrogen and oxygen atoms in total. The van der Waals surface area contributed by atoms with Gasteiger partial charge in [-0.15, -0.1) is 0 Å². The summed E-state index contributed by atoms with van der Waals surface area (Å²) in [6.45, 7) is 1.94. The van der Waals surface area contributed by atoms with Crippen molar-refractivity contribution in [3.05, 3.63) is 41.4 Å². The van der Waals surface area contributed by atoms with E-state index in [0.717, 1.165) is 28.1 Å². The highest BCUT2D eigenvalue weighted by atomic mass is 35.5. The summed E-state index contributed by atoms with van der Waals surface area (Å²) in [5, 5.41) is 11.6. The van der Waals surface area contributed by atoms with Crippen molar-refractivity contribution in [2.24, 2.45) is 0 Å². The van der Waals surface area contributed by atoms with Gasteiger partial charge in [0.25, 0.3) is 0 Å². The molecular weight excluding hydrogens is 250 g/mol. The average Bonchev–Trinajstić information content (AvgIpc) is 2.75. The van der Waals surface area contributed by atoms with Crippen molar-refractivity contribution in [2.75, 3.05) is 5.32 Å². The molecule has 0 saturated heterocycles. The number of halogens is 1. The number of nitrogens with one attached hydrogen (secondary N) is 2. The van der Waals surface area contributed by atoms with Gasteiger partial charge in [-0.05, 0) is 25.1 Å². The minimum Gasteiger partial charge on any atom is -0.337 e. The Balaban J connectivity index is 2.09. The Hall–Kier alpha value is -2.14. The summed E-state index contributed by atoms with van der Waals surface area (Å²) in [6.07, 6.45) is 3.23. The molecule has 6 heteroatoms. The van der Waals surface area contributed by atoms with Crippen LogP contribution in [0.15, 0.2) is 30.7 Å². The van der Waals surface area contributed by atoms with Crippen molar-refractivity contribution in [1.29, 1.82) is 0 Å². The quantitative estimate of drug-likeness (QED) is 0.742. The molecule has 0 saturated carbocycles. The summed E-state index contributed by atoms with van der Waals surface area (Å²) in [5.74, 6) is 0.737. The van der Waals surface area contributed by atoms with Crippen molar-refractivity contribution < 1.29 is 0 Å². The SMILES string of the molecule is Cc1[nH]ncc1Nc1ncnc2cc(Cl)ccc12. The molecule has 3 rings (SSSR count). The fourth-order valence-corrected chi connectivity index (χ4v) is 1.90. The molecule has 0 aliphatic heterocycles. The second kappa shape index (κ2) is 4.27. The van der Waals surface area contributed by atoms with E-state index in [1.54, 1.807) is 6.20 Å². The number of aromatic amines is 1. The zero-order valence-electron chi connectivity index (χ0n) is 9.61. The highest BCUT2D eigenvalue weighted by molar-refractivity contribution is 6.31. The Morgan fingerprint density at radius 2 is 2.17 bits per heavy atom. The van der Waals surface area contributed by atoms with Crippen molar-refractivity contribution in [2.45, 2.75) is 6.92 Å². The standard InChI is InChI=1S/C12H10ClN5/c1-7-11(5-16-18-7)17-12-9-3-2-8(13)4-10(9)14-6-15-12/h2-6H,1H3,(H,16,18)(H,14,15,17). The van der Waals surface area contributed by atoms with Crippen molar-refractivity contribution in [3.8, 4) is 0 Å². The first-order valence-corrected chi connectivity index (χ1v) is 5.79. The third kappa shape index (κ3) is 1.89. The van der Waals surface area contributed by atoms with Gasteiger partial charge in [0, 0.05) is 10.4 Å². The smallest absolute Gasteiger partial charge is 0.141 e. The average molecular weight is 260 g/mol. The fraction of sp³-hybridized carbons (Fsp3) is 0.0833. The maximum absolute atomic E-state index is 5.94. The van der Waals surface area contributed by atoms with E-state index in [1.807, 2.05) is 25.1 Å². The van der Waals surface area contributed by atoms with E-state index in [1.165, 1.54) is 6.33 Å². The Morgan fingerprint density at radius 1 is 1.28 bits per heavy atom. The van der Waals surface area contributed by atoms with Gasteiger partial charge in [0.1, 0.15) is 12.1 Å². The van der Waals surface area contributed by atoms with Crippen LogP contribution in [-0.4, -0.2) is 20.2 Å². The van der Waals surface area contributed by atoms with E-state index >= 15 is 0 Å². The van der Waals surface area contributed by atoms with Crippen LogP contribution in [0.25, 0.3) is 10.9 Å². The molecule has 0 atom stereocenters. The van der Waals surface area contributed by atoms with Crippen molar-refractivity contribution in [3.63, 3.8) is 0 Å². The molecule has 18 heavy (non-hydrogen) atoms. The lowest BCUT2D eigenvalue weighted by Crippen LogP contribution is -1.96. The van der Waals surface area contributed by atoms with Crippen LogP contribution in [-0.2, 0) is 0 Å². The number of hydrogen-bond donors (Lipinski definition) is 2. The summed E-state index contributed by atoms with van der Waals surface area (Å²) >= 11 is 5.94. The van der Waals surface area contributed by atoms with Gasteiger partial charge in [-0.25, -0.2) is 9.97 Å². The Bertz CT molecular complexity index is 707. The van der Waals surface area contributed by atoms with Gasteiger partial charge in [-0.1, -0.05) is 11.6 Å². The molecule has 0 aliphatic carbocycles. The van der Waals surface area contributed by atoms with Gasteiger partial charge in [0.15, 0.2) is 0 Å². The molecule has 2 aromatic heterocycles. The second-order valence-corrected chi connectivity index (χ2v) is 4.35. The number of hydrogen-bond acceptors (Lipinski definition) is 4. The largest absolute Gasteiger partial charge is 0.337 e. The van der Waals surface area contributed by atoms with Gasteiger partial charge in [-0.3, -0.25) is 5.10 Å². The van der Waals surface area contributed by atoms with Crippen LogP contribution in [0.1, 0.15) is 5.69 Å². The molecule has 2 N–H and O–H groups in total. The van der Waals surface area contributed by atoms with Crippen LogP contribution in [0, 0.1) is 6.92 Å². The molecule has 0 fully saturated rings. The molecule has 0 radical (unpaired) electrons. The van der Waals surface area contributed by atoms with Crippen molar-refractivity contribution >= 4 is 34.0 Å². The number of benzene rings is 1. The van der Waals surface area contributed by atoms with Gasteiger partial charge >= 0.3 is 0 Å². The van der Waals surface area contributed by atoms with E-state index < -0.39 is 0 Å². The summed E-state index contributed by atoms with van der Waals surface area (Å²) in [7, 11) is 0. The lowest BCUT2D eigenvalue weighted by Gasteiger charge is -2.07. The number of anilines is 2. The topological polar surface area (TPSA) is 66.5 Å². The maximum Gasteiger partial charge on any atom is 0.141 e. The Morgan fingerprint density at radius 3 is 2.94 bits per heavy atom. The van der Waals surface area contributed by atoms with E-state index in [9.17, 15) is 0 Å². The van der Waals surface area contributed by atoms with Crippen LogP contribution >= 0.6 is 11.6 Å². The third-order valence-corrected chi connectivity index (χ3v) is 2.92. The van der Waals surface area contributed by atoms with E-state index in [-0.39, 0.29) is 0 Å². The van der Waals surface area contributed by atoms with Gasteiger partial charge in [0.2, 0.25) is 0 Å². The summed E-state index contributed by atoms with van der Waals surface area (Å²) < 4.78 is 0. The molecule has 0 aliphatic rings. The predicted molar refractivity (Wildman–Crippen MR) is 71.2 cm³/mol. The van der Waals surface area contributed by atoms with Gasteiger partial charge in [0.05, 0.1) is 23.1 Å². The molecule has 2 heterocycles. The maximum atomic E-state index is 5.94. The minimum absolute atomic E-state index is 0.659. The number of aryl methyl sites for hydroxylation is 1. The van der Waals surface area contributed by atoms with Crippen LogP contribution < -0.4 is 5.32 Å². The number of nitrogens with zero attached hydrogens (tertiary/aromatic N) is 3. The lowest BCUT2D eigenvalue weighted by molar-refractivity contribution is 1.05. The zero-order chi connectivity index (χ0) is 12.5. The van der Waals surface area contributed by atoms with Gasteiger partial charge < -0.3 is 5.32 Å². The Kier molecular flexibility index (Phi) is 2.60. The first-order valence-electron chi connectivity index (χ1n) is 5.41. The molecule has 0 unspecified atom stereocenters. The van der Waals surface area contributed by atoms with E-state index in [2.05, 4.69) is 25.5 Å². The minimum atomic E-state index is 0.659. The fourth-order valence-electron chi connectivity index (χ4n) is 1.73. The van der Waals surface area contributed by atoms with E-state index in [0.29, 0.717) is 5.02 Å². The van der Waals surface area contributed by atoms with Crippen LogP contribution in [0.5, 0.6) is 0 Å². The van der Waals surface area contributed by atoms with Crippen LogP contribution in [0.3, 0.4) is 0 Å². The second-order valence-electron chi connectivity index (χ2n) is 3.92. The first kappa shape index (κ1) is 11.0. The summed E-state index contributed by atoms with van der Waals surface area (Å²) in [4.78, 5) is 8.44. The first-order chi connectivity index (χ1) is 8.74. The van der Waals surface area contributed by atoms with Gasteiger partial charge in [-0.2, -0.15) is 5.10 Å². The summed E-state index contributed by atoms with van der Waals surface area (Å²) in [6, 6.07) is 5.53. The number of rotatable bonds is 2. The number of H-pyrrole nitrogens is 1. The lowest BCUT2D eigenvalue weighted by atomic mass is 10.2. The molecule has 0 bridgehead atoms. The van der Waals surface area contributed by atoms with Crippen LogP contribution in [0.2, 0.25) is 5.02 Å². The predicted octanol–water partition coefficient (Wildman–Crippen LogP) is 3.06. The van der Waals surface area contributed by atoms with Crippen LogP contribution in [0.4, 0.5) is 11.5 Å². The van der Waals surface area contributed by atoms with Crippen molar-refractivity contribution in [1.82, 2.24) is 20.2 Å². The molecule has 0 amide bonds. The van der Waals surface area contributed by atoms with E-state index in [4.69, 9.17) is 11.6 Å². The normalized spacial score (nSPS) is 10.8. The monoisotopic (exact) mass is 259 g/mol.